The standard InChI is InChI=1S/C10H16N4O4/c1-7(16)10(6-8(17)11-3-5-15)9(18)14(13-10)4-2-12-14/h12-13,15H,2-6H2,1H3/p+1. The molecule has 0 aromatic rings. The van der Waals surface area contributed by atoms with Crippen molar-refractivity contribution in [3.8, 4) is 0 Å². The summed E-state index contributed by atoms with van der Waals surface area (Å²) in [6.07, 6.45) is -0.233. The summed E-state index contributed by atoms with van der Waals surface area (Å²) in [5, 5.41) is 11.0. The molecular formula is C10H17N4O4+. The molecular weight excluding hydrogens is 240 g/mol. The molecule has 2 heterocycles. The molecule has 100 valence electrons. The lowest BCUT2D eigenvalue weighted by atomic mass is 9.84. The average molecular weight is 257 g/mol. The molecule has 2 aliphatic heterocycles. The molecule has 4 N–H and O–H groups in total. The maximum absolute atomic E-state index is 12.1. The monoisotopic (exact) mass is 257 g/mol. The minimum atomic E-state index is -1.42. The fraction of sp³-hybridized carbons (Fsp3) is 0.700. The summed E-state index contributed by atoms with van der Waals surface area (Å²) >= 11 is 0. The van der Waals surface area contributed by atoms with Crippen LogP contribution in [0.1, 0.15) is 13.3 Å². The van der Waals surface area contributed by atoms with Gasteiger partial charge in [-0.15, -0.1) is 15.6 Å². The third-order valence-corrected chi connectivity index (χ3v) is 3.38. The predicted octanol–water partition coefficient (Wildman–Crippen LogP) is -2.81. The van der Waals surface area contributed by atoms with Crippen LogP contribution in [0.5, 0.6) is 0 Å². The first-order valence-corrected chi connectivity index (χ1v) is 5.83. The number of nitrogens with one attached hydrogen (secondary N) is 3. The SMILES string of the molecule is CC(=O)C1(CC(=O)NCCO)N[N+]2(CCN2)C1=O. The Bertz CT molecular complexity index is 407. The topological polar surface area (TPSA) is 108 Å². The van der Waals surface area contributed by atoms with E-state index in [0.29, 0.717) is 13.1 Å². The molecule has 0 bridgehead atoms. The number of aliphatic hydroxyl groups excluding tert-OH is 1. The third kappa shape index (κ3) is 1.74. The maximum Gasteiger partial charge on any atom is 0.385 e. The molecule has 2 unspecified atom stereocenters. The van der Waals surface area contributed by atoms with E-state index in [1.165, 1.54) is 6.92 Å². The van der Waals surface area contributed by atoms with Crippen molar-refractivity contribution in [3.63, 3.8) is 0 Å². The van der Waals surface area contributed by atoms with Crippen LogP contribution >= 0.6 is 0 Å². The van der Waals surface area contributed by atoms with E-state index in [1.807, 2.05) is 0 Å². The smallest absolute Gasteiger partial charge is 0.385 e. The number of aliphatic hydroxyl groups is 1. The second kappa shape index (κ2) is 4.39. The highest BCUT2D eigenvalue weighted by Gasteiger charge is 2.72. The largest absolute Gasteiger partial charge is 0.395 e. The highest BCUT2D eigenvalue weighted by molar-refractivity contribution is 6.12. The first-order chi connectivity index (χ1) is 8.47. The Morgan fingerprint density at radius 3 is 2.61 bits per heavy atom. The van der Waals surface area contributed by atoms with Gasteiger partial charge in [-0.25, -0.2) is 4.79 Å². The fourth-order valence-electron chi connectivity index (χ4n) is 2.27. The van der Waals surface area contributed by atoms with Gasteiger partial charge in [0.05, 0.1) is 13.0 Å². The lowest BCUT2D eigenvalue weighted by Gasteiger charge is -2.55. The lowest BCUT2D eigenvalue weighted by Crippen LogP contribution is -2.97. The Hall–Kier alpha value is -1.35. The molecule has 8 nitrogen and oxygen atoms in total. The third-order valence-electron chi connectivity index (χ3n) is 3.38. The van der Waals surface area contributed by atoms with Crippen molar-refractivity contribution in [2.24, 2.45) is 0 Å². The predicted molar refractivity (Wildman–Crippen MR) is 59.4 cm³/mol. The number of hydrogen-bond acceptors (Lipinski definition) is 6. The summed E-state index contributed by atoms with van der Waals surface area (Å²) in [5.74, 6) is -1.12. The van der Waals surface area contributed by atoms with Gasteiger partial charge in [-0.3, -0.25) is 9.59 Å². The van der Waals surface area contributed by atoms with Crippen molar-refractivity contribution >= 4 is 17.6 Å². The summed E-state index contributed by atoms with van der Waals surface area (Å²) in [7, 11) is 0. The number of quaternary nitrogens is 1. The zero-order valence-corrected chi connectivity index (χ0v) is 10.2. The number of hydrogen-bond donors (Lipinski definition) is 4. The average Bonchev–Trinajstić information content (AvgIpc) is 2.27. The van der Waals surface area contributed by atoms with Crippen molar-refractivity contribution in [3.05, 3.63) is 0 Å². The fourth-order valence-corrected chi connectivity index (χ4v) is 2.27. The van der Waals surface area contributed by atoms with Crippen molar-refractivity contribution < 1.29 is 24.2 Å². The molecule has 2 fully saturated rings. The summed E-state index contributed by atoms with van der Waals surface area (Å²) < 4.78 is -0.118. The number of carbonyl (C=O) groups excluding carboxylic acids is 3. The molecule has 2 rings (SSSR count). The van der Waals surface area contributed by atoms with Gasteiger partial charge >= 0.3 is 5.91 Å². The first-order valence-electron chi connectivity index (χ1n) is 5.83. The second-order valence-electron chi connectivity index (χ2n) is 4.57. The zero-order valence-electron chi connectivity index (χ0n) is 10.2. The van der Waals surface area contributed by atoms with Gasteiger partial charge in [-0.1, -0.05) is 0 Å². The number of ketones is 1. The Kier molecular flexibility index (Phi) is 3.20. The van der Waals surface area contributed by atoms with E-state index in [-0.39, 0.29) is 36.0 Å². The minimum Gasteiger partial charge on any atom is -0.395 e. The van der Waals surface area contributed by atoms with Crippen LogP contribution in [0.4, 0.5) is 0 Å². The lowest BCUT2D eigenvalue weighted by molar-refractivity contribution is -1.01. The molecule has 1 spiro atoms. The highest BCUT2D eigenvalue weighted by Crippen LogP contribution is 2.32. The Morgan fingerprint density at radius 2 is 2.22 bits per heavy atom. The summed E-state index contributed by atoms with van der Waals surface area (Å²) in [5.41, 5.74) is 4.33. The number of nitrogens with zero attached hydrogens (tertiary/aromatic N) is 1. The first kappa shape index (κ1) is 13.1. The van der Waals surface area contributed by atoms with E-state index < -0.39 is 11.4 Å². The molecule has 8 heteroatoms. The van der Waals surface area contributed by atoms with Crippen LogP contribution in [-0.2, 0) is 14.4 Å². The van der Waals surface area contributed by atoms with Gasteiger partial charge in [0.1, 0.15) is 13.1 Å². The minimum absolute atomic E-state index is 0.110. The van der Waals surface area contributed by atoms with Crippen LogP contribution in [-0.4, -0.2) is 59.2 Å². The zero-order chi connectivity index (χ0) is 13.4. The molecule has 0 radical (unpaired) electrons. The molecule has 0 aliphatic carbocycles. The van der Waals surface area contributed by atoms with Gasteiger partial charge in [0, 0.05) is 6.54 Å². The number of carbonyl (C=O) groups is 3. The molecule has 2 atom stereocenters. The molecule has 2 aliphatic rings. The number of amides is 2. The van der Waals surface area contributed by atoms with Gasteiger partial charge in [-0.05, 0) is 6.92 Å². The molecule has 0 saturated carbocycles. The van der Waals surface area contributed by atoms with Crippen molar-refractivity contribution in [1.29, 1.82) is 0 Å². The van der Waals surface area contributed by atoms with E-state index in [0.717, 1.165) is 0 Å². The van der Waals surface area contributed by atoms with Gasteiger partial charge < -0.3 is 10.4 Å². The quantitative estimate of drug-likeness (QED) is 0.313. The molecule has 2 amide bonds. The Balaban J connectivity index is 2.04. The van der Waals surface area contributed by atoms with Gasteiger partial charge in [0.25, 0.3) is 5.54 Å². The number of rotatable bonds is 5. The van der Waals surface area contributed by atoms with E-state index in [4.69, 9.17) is 5.11 Å². The normalized spacial score (nSPS) is 33.8. The van der Waals surface area contributed by atoms with E-state index in [9.17, 15) is 14.4 Å². The van der Waals surface area contributed by atoms with Crippen LogP contribution in [0, 0.1) is 0 Å². The van der Waals surface area contributed by atoms with Crippen molar-refractivity contribution in [2.45, 2.75) is 18.9 Å². The van der Waals surface area contributed by atoms with Gasteiger partial charge in [-0.2, -0.15) is 0 Å². The van der Waals surface area contributed by atoms with Gasteiger partial charge in [0.2, 0.25) is 5.91 Å². The Morgan fingerprint density at radius 1 is 1.56 bits per heavy atom. The van der Waals surface area contributed by atoms with Crippen molar-refractivity contribution in [2.75, 3.05) is 26.2 Å². The number of Topliss-reactive ketones (excluding diaryl/α,β-unsaturated/α-hetero) is 1. The Labute approximate surface area is 104 Å². The van der Waals surface area contributed by atoms with Gasteiger partial charge in [0.15, 0.2) is 5.78 Å². The van der Waals surface area contributed by atoms with Crippen LogP contribution in [0.25, 0.3) is 0 Å². The van der Waals surface area contributed by atoms with Crippen LogP contribution in [0.15, 0.2) is 0 Å². The van der Waals surface area contributed by atoms with E-state index in [2.05, 4.69) is 16.2 Å². The summed E-state index contributed by atoms with van der Waals surface area (Å²) in [6, 6.07) is 0. The summed E-state index contributed by atoms with van der Waals surface area (Å²) in [6.45, 7) is 2.50. The second-order valence-corrected chi connectivity index (χ2v) is 4.57. The van der Waals surface area contributed by atoms with Crippen LogP contribution < -0.4 is 16.2 Å². The molecule has 0 aromatic carbocycles. The molecule has 0 aromatic heterocycles. The molecule has 18 heavy (non-hydrogen) atoms. The van der Waals surface area contributed by atoms with Crippen molar-refractivity contribution in [1.82, 2.24) is 16.2 Å². The summed E-state index contributed by atoms with van der Waals surface area (Å²) in [4.78, 5) is 35.4. The van der Waals surface area contributed by atoms with E-state index in [1.54, 1.807) is 0 Å². The molecule has 2 saturated heterocycles. The highest BCUT2D eigenvalue weighted by atomic mass is 16.3. The maximum atomic E-state index is 12.1. The van der Waals surface area contributed by atoms with Crippen LogP contribution in [0.2, 0.25) is 0 Å². The van der Waals surface area contributed by atoms with E-state index >= 15 is 0 Å². The van der Waals surface area contributed by atoms with Crippen LogP contribution in [0.3, 0.4) is 0 Å².